The monoisotopic (exact) mass is 1090 g/mol. The smallest absolute Gasteiger partial charge is 0.456 e. The van der Waals surface area contributed by atoms with Crippen LogP contribution in [0.25, 0.3) is 0 Å². The fraction of sp³-hybridized carbons (Fsp3) is 0.909. The molecule has 0 radical (unpaired) electrons. The van der Waals surface area contributed by atoms with Crippen molar-refractivity contribution in [2.45, 2.75) is 348 Å². The van der Waals surface area contributed by atoms with E-state index >= 15 is 0 Å². The van der Waals surface area contributed by atoms with E-state index in [4.69, 9.17) is 13.8 Å². The number of hydrogen-bond acceptors (Lipinski definition) is 6. The van der Waals surface area contributed by atoms with Gasteiger partial charge in [0.1, 0.15) is 19.3 Å². The van der Waals surface area contributed by atoms with E-state index in [0.29, 0.717) is 23.9 Å². The van der Waals surface area contributed by atoms with Gasteiger partial charge >= 0.3 is 13.8 Å². The van der Waals surface area contributed by atoms with E-state index in [1.165, 1.54) is 231 Å². The highest BCUT2D eigenvalue weighted by Crippen LogP contribution is 2.43. The number of nitrogens with one attached hydrogen (secondary N) is 1. The van der Waals surface area contributed by atoms with E-state index in [1.807, 2.05) is 33.3 Å². The number of phosphoric acid groups is 1. The molecule has 0 spiro atoms. The first kappa shape index (κ1) is 74.5. The van der Waals surface area contributed by atoms with Gasteiger partial charge in [-0.25, -0.2) is 4.57 Å². The Labute approximate surface area is 473 Å². The molecule has 2 N–H and O–H groups in total. The third-order valence-electron chi connectivity index (χ3n) is 15.1. The van der Waals surface area contributed by atoms with Crippen LogP contribution < -0.4 is 5.32 Å². The lowest BCUT2D eigenvalue weighted by molar-refractivity contribution is -0.870. The average Bonchev–Trinajstić information content (AvgIpc) is 3.38. The van der Waals surface area contributed by atoms with Gasteiger partial charge in [0.15, 0.2) is 0 Å². The van der Waals surface area contributed by atoms with Crippen molar-refractivity contribution in [1.29, 1.82) is 0 Å². The molecular weight excluding hydrogens is 964 g/mol. The molecule has 0 saturated carbocycles. The Hall–Kier alpha value is -1.51. The molecule has 0 bridgehead atoms. The van der Waals surface area contributed by atoms with Crippen LogP contribution in [-0.2, 0) is 27.9 Å². The molecule has 0 aliphatic rings. The van der Waals surface area contributed by atoms with Gasteiger partial charge in [-0.05, 0) is 57.4 Å². The van der Waals surface area contributed by atoms with Crippen molar-refractivity contribution in [3.63, 3.8) is 0 Å². The van der Waals surface area contributed by atoms with Crippen molar-refractivity contribution in [3.05, 3.63) is 24.3 Å². The zero-order valence-electron chi connectivity index (χ0n) is 51.5. The Bertz CT molecular complexity index is 1350. The van der Waals surface area contributed by atoms with E-state index in [0.717, 1.165) is 70.6 Å². The number of unbranched alkanes of at least 4 members (excludes halogenated alkanes) is 43. The van der Waals surface area contributed by atoms with E-state index in [2.05, 4.69) is 38.2 Å². The number of nitrogens with zero attached hydrogens (tertiary/aromatic N) is 1. The highest BCUT2D eigenvalue weighted by Gasteiger charge is 2.30. The molecule has 0 fully saturated rings. The van der Waals surface area contributed by atoms with Crippen molar-refractivity contribution in [1.82, 2.24) is 5.32 Å². The second kappa shape index (κ2) is 56.8. The van der Waals surface area contributed by atoms with Crippen molar-refractivity contribution in [3.8, 4) is 0 Å². The molecule has 0 saturated heterocycles. The summed E-state index contributed by atoms with van der Waals surface area (Å²) in [6.07, 6.45) is 67.6. The minimum absolute atomic E-state index is 0.0411. The number of amides is 1. The van der Waals surface area contributed by atoms with Crippen LogP contribution in [0, 0.1) is 0 Å². The predicted octanol–water partition coefficient (Wildman–Crippen LogP) is 20.5. The fourth-order valence-corrected chi connectivity index (χ4v) is 10.7. The number of quaternary nitrogens is 1. The number of esters is 1. The van der Waals surface area contributed by atoms with Crippen molar-refractivity contribution >= 4 is 19.7 Å². The first-order chi connectivity index (χ1) is 36.9. The van der Waals surface area contributed by atoms with Crippen LogP contribution in [0.4, 0.5) is 0 Å². The third kappa shape index (κ3) is 57.2. The number of hydrogen-bond donors (Lipinski definition) is 2. The van der Waals surface area contributed by atoms with E-state index < -0.39 is 20.0 Å². The van der Waals surface area contributed by atoms with Crippen molar-refractivity contribution in [2.24, 2.45) is 0 Å². The van der Waals surface area contributed by atoms with Crippen molar-refractivity contribution in [2.75, 3.05) is 40.9 Å². The van der Waals surface area contributed by atoms with Crippen LogP contribution in [0.15, 0.2) is 24.3 Å². The highest BCUT2D eigenvalue weighted by molar-refractivity contribution is 7.47. The standard InChI is InChI=1S/C66H129N2O7P/c1-7-10-13-16-19-22-25-28-30-31-32-33-34-35-36-37-38-41-44-47-50-53-56-59-66(70)75-64(57-54-51-48-45-42-39-27-24-21-18-15-12-9-3)63(62-74-76(71,72)73-61-60-68(4,5)6)67-65(69)58-55-52-49-46-43-40-29-26-23-20-17-14-11-8-2/h40,43,54,57,63-64H,7-39,41-42,44-53,55-56,58-62H2,1-6H3,(H-,67,69,71,72)/p+1/b43-40-,57-54-. The zero-order chi connectivity index (χ0) is 55.7. The maximum Gasteiger partial charge on any atom is 0.472 e. The minimum Gasteiger partial charge on any atom is -0.456 e. The summed E-state index contributed by atoms with van der Waals surface area (Å²) in [6, 6.07) is -0.851. The summed E-state index contributed by atoms with van der Waals surface area (Å²) >= 11 is 0. The first-order valence-electron chi connectivity index (χ1n) is 33.2. The molecule has 3 atom stereocenters. The molecule has 0 aromatic rings. The average molecular weight is 1090 g/mol. The zero-order valence-corrected chi connectivity index (χ0v) is 52.4. The van der Waals surface area contributed by atoms with Gasteiger partial charge in [-0.15, -0.1) is 0 Å². The van der Waals surface area contributed by atoms with Crippen LogP contribution >= 0.6 is 7.82 Å². The molecule has 0 aromatic carbocycles. The maximum atomic E-state index is 13.5. The van der Waals surface area contributed by atoms with Gasteiger partial charge in [-0.3, -0.25) is 18.6 Å². The lowest BCUT2D eigenvalue weighted by Crippen LogP contribution is -2.47. The molecule has 450 valence electrons. The Morgan fingerprint density at radius 3 is 1.13 bits per heavy atom. The quantitative estimate of drug-likeness (QED) is 0.0205. The second-order valence-electron chi connectivity index (χ2n) is 24.0. The molecule has 3 unspecified atom stereocenters. The molecule has 76 heavy (non-hydrogen) atoms. The summed E-state index contributed by atoms with van der Waals surface area (Å²) in [4.78, 5) is 37.7. The lowest BCUT2D eigenvalue weighted by atomic mass is 10.0. The largest absolute Gasteiger partial charge is 0.472 e. The number of phosphoric ester groups is 1. The maximum absolute atomic E-state index is 13.5. The summed E-state index contributed by atoms with van der Waals surface area (Å²) in [6.45, 7) is 7.05. The van der Waals surface area contributed by atoms with Gasteiger partial charge in [-0.1, -0.05) is 289 Å². The SMILES string of the molecule is CCCCCCCCC/C=C\CCCCCC(=O)NC(COP(=O)(O)OCC[N+](C)(C)C)C(/C=C\CCCCCCCCCCCCC)OC(=O)CCCCCCCCCCCCCCCCCCCCCCCCC. The molecule has 9 nitrogen and oxygen atoms in total. The van der Waals surface area contributed by atoms with E-state index in [-0.39, 0.29) is 25.1 Å². The van der Waals surface area contributed by atoms with Crippen LogP contribution in [-0.4, -0.2) is 74.3 Å². The Balaban J connectivity index is 5.12. The molecule has 0 aliphatic carbocycles. The third-order valence-corrected chi connectivity index (χ3v) is 16.1. The number of allylic oxidation sites excluding steroid dienone is 3. The molecule has 0 heterocycles. The van der Waals surface area contributed by atoms with Gasteiger partial charge < -0.3 is 19.4 Å². The summed E-state index contributed by atoms with van der Waals surface area (Å²) in [7, 11) is 1.50. The van der Waals surface area contributed by atoms with Gasteiger partial charge in [0.05, 0.1) is 33.8 Å². The molecule has 1 amide bonds. The number of carbonyl (C=O) groups excluding carboxylic acids is 2. The summed E-state index contributed by atoms with van der Waals surface area (Å²) in [5, 5.41) is 3.06. The van der Waals surface area contributed by atoms with Crippen LogP contribution in [0.3, 0.4) is 0 Å². The number of ether oxygens (including phenoxy) is 1. The van der Waals surface area contributed by atoms with E-state index in [1.54, 1.807) is 0 Å². The van der Waals surface area contributed by atoms with Gasteiger partial charge in [0.25, 0.3) is 0 Å². The van der Waals surface area contributed by atoms with Crippen LogP contribution in [0.1, 0.15) is 335 Å². The molecule has 10 heteroatoms. The van der Waals surface area contributed by atoms with Gasteiger partial charge in [-0.2, -0.15) is 0 Å². The summed E-state index contributed by atoms with van der Waals surface area (Å²) < 4.78 is 30.7. The Kier molecular flexibility index (Phi) is 55.6. The van der Waals surface area contributed by atoms with Crippen LogP contribution in [0.5, 0.6) is 0 Å². The fourth-order valence-electron chi connectivity index (χ4n) is 10.00. The van der Waals surface area contributed by atoms with Crippen LogP contribution in [0.2, 0.25) is 0 Å². The number of likely N-dealkylation sites (N-methyl/N-ethyl adjacent to an activating group) is 1. The highest BCUT2D eigenvalue weighted by atomic mass is 31.2. The molecular formula is C66H130N2O7P+. The first-order valence-corrected chi connectivity index (χ1v) is 34.7. The normalized spacial score (nSPS) is 13.7. The molecule has 0 aliphatic heterocycles. The lowest BCUT2D eigenvalue weighted by Gasteiger charge is -2.27. The predicted molar refractivity (Wildman–Crippen MR) is 328 cm³/mol. The number of carbonyl (C=O) groups is 2. The second-order valence-corrected chi connectivity index (χ2v) is 25.5. The summed E-state index contributed by atoms with van der Waals surface area (Å²) in [5.74, 6) is -0.505. The molecule has 0 rings (SSSR count). The molecule has 0 aromatic heterocycles. The summed E-state index contributed by atoms with van der Waals surface area (Å²) in [5.41, 5.74) is 0. The topological polar surface area (TPSA) is 111 Å². The Morgan fingerprint density at radius 1 is 0.447 bits per heavy atom. The number of rotatable bonds is 61. The van der Waals surface area contributed by atoms with Gasteiger partial charge in [0.2, 0.25) is 5.91 Å². The van der Waals surface area contributed by atoms with E-state index in [9.17, 15) is 19.0 Å². The Morgan fingerprint density at radius 2 is 0.763 bits per heavy atom. The minimum atomic E-state index is -4.45. The van der Waals surface area contributed by atoms with Gasteiger partial charge in [0, 0.05) is 12.8 Å². The van der Waals surface area contributed by atoms with Crippen molar-refractivity contribution < 1.29 is 37.3 Å².